The van der Waals surface area contributed by atoms with Gasteiger partial charge in [-0.05, 0) is 37.3 Å². The van der Waals surface area contributed by atoms with E-state index in [1.165, 1.54) is 0 Å². The maximum Gasteiger partial charge on any atom is 0.227 e. The van der Waals surface area contributed by atoms with Crippen LogP contribution >= 0.6 is 22.9 Å². The van der Waals surface area contributed by atoms with Gasteiger partial charge in [-0.2, -0.15) is 0 Å². The van der Waals surface area contributed by atoms with Gasteiger partial charge in [0.1, 0.15) is 0 Å². The van der Waals surface area contributed by atoms with E-state index in [9.17, 15) is 0 Å². The van der Waals surface area contributed by atoms with E-state index in [1.54, 1.807) is 17.5 Å². The number of aromatic nitrogens is 3. The maximum absolute atomic E-state index is 6.34. The predicted octanol–water partition coefficient (Wildman–Crippen LogP) is 6.07. The number of thiazole rings is 1. The van der Waals surface area contributed by atoms with Crippen molar-refractivity contribution in [3.8, 4) is 10.6 Å². The van der Waals surface area contributed by atoms with Crippen molar-refractivity contribution in [3.05, 3.63) is 77.6 Å². The van der Waals surface area contributed by atoms with Gasteiger partial charge in [-0.25, -0.2) is 15.0 Å². The number of halogens is 1. The summed E-state index contributed by atoms with van der Waals surface area (Å²) in [5, 5.41) is 4.78. The number of para-hydroxylation sites is 2. The first-order valence-electron chi connectivity index (χ1n) is 8.73. The Hall–Kier alpha value is -2.96. The Labute approximate surface area is 172 Å². The summed E-state index contributed by atoms with van der Waals surface area (Å²) < 4.78 is 0. The van der Waals surface area contributed by atoms with Gasteiger partial charge in [0.2, 0.25) is 5.95 Å². The lowest BCUT2D eigenvalue weighted by molar-refractivity contribution is 1.13. The Morgan fingerprint density at radius 3 is 2.50 bits per heavy atom. The third-order valence-corrected chi connectivity index (χ3v) is 5.78. The number of hydrogen-bond donors (Lipinski definition) is 1. The fraction of sp³-hybridized carbons (Fsp3) is 0.0952. The van der Waals surface area contributed by atoms with Crippen LogP contribution in [0, 0.1) is 6.92 Å². The van der Waals surface area contributed by atoms with Gasteiger partial charge < -0.3 is 10.2 Å². The molecule has 7 heteroatoms. The Kier molecular flexibility index (Phi) is 5.23. The summed E-state index contributed by atoms with van der Waals surface area (Å²) in [6.07, 6.45) is 1.75. The summed E-state index contributed by atoms with van der Waals surface area (Å²) in [5.74, 6) is 0.553. The second-order valence-electron chi connectivity index (χ2n) is 6.18. The summed E-state index contributed by atoms with van der Waals surface area (Å²) in [7, 11) is 1.96. The topological polar surface area (TPSA) is 53.9 Å². The van der Waals surface area contributed by atoms with Crippen LogP contribution in [0.4, 0.5) is 22.5 Å². The van der Waals surface area contributed by atoms with Crippen LogP contribution < -0.4 is 10.2 Å². The quantitative estimate of drug-likeness (QED) is 0.435. The summed E-state index contributed by atoms with van der Waals surface area (Å²) in [5.41, 5.74) is 3.61. The first-order chi connectivity index (χ1) is 13.6. The van der Waals surface area contributed by atoms with Crippen LogP contribution in [0.15, 0.2) is 66.9 Å². The van der Waals surface area contributed by atoms with E-state index < -0.39 is 0 Å². The number of rotatable bonds is 5. The first kappa shape index (κ1) is 18.4. The molecule has 0 radical (unpaired) electrons. The smallest absolute Gasteiger partial charge is 0.227 e. The van der Waals surface area contributed by atoms with Crippen LogP contribution in [0.3, 0.4) is 0 Å². The number of aryl methyl sites for hydroxylation is 1. The van der Waals surface area contributed by atoms with Crippen molar-refractivity contribution >= 4 is 45.4 Å². The SMILES string of the molecule is Cc1nc(N(C)c2ccccc2Cl)sc1-c1ccnc(Nc2ccccc2)n1. The number of hydrogen-bond acceptors (Lipinski definition) is 6. The molecule has 0 fully saturated rings. The number of nitrogens with zero attached hydrogens (tertiary/aromatic N) is 4. The van der Waals surface area contributed by atoms with Crippen molar-refractivity contribution in [2.45, 2.75) is 6.92 Å². The van der Waals surface area contributed by atoms with Gasteiger partial charge in [0.25, 0.3) is 0 Å². The van der Waals surface area contributed by atoms with Crippen LogP contribution in [0.25, 0.3) is 10.6 Å². The van der Waals surface area contributed by atoms with Gasteiger partial charge in [0.05, 0.1) is 27.0 Å². The first-order valence-corrected chi connectivity index (χ1v) is 9.92. The minimum absolute atomic E-state index is 0.553. The van der Waals surface area contributed by atoms with Gasteiger partial charge in [-0.3, -0.25) is 0 Å². The zero-order chi connectivity index (χ0) is 19.5. The lowest BCUT2D eigenvalue weighted by Crippen LogP contribution is -2.09. The van der Waals surface area contributed by atoms with Gasteiger partial charge in [-0.1, -0.05) is 53.3 Å². The molecule has 2 heterocycles. The fourth-order valence-corrected chi connectivity index (χ4v) is 4.06. The van der Waals surface area contributed by atoms with Crippen LogP contribution in [-0.4, -0.2) is 22.0 Å². The Balaban J connectivity index is 1.64. The van der Waals surface area contributed by atoms with Gasteiger partial charge in [0, 0.05) is 18.9 Å². The van der Waals surface area contributed by atoms with Crippen LogP contribution in [0.5, 0.6) is 0 Å². The normalized spacial score (nSPS) is 10.7. The van der Waals surface area contributed by atoms with E-state index in [-0.39, 0.29) is 0 Å². The molecule has 0 saturated carbocycles. The average Bonchev–Trinajstić information content (AvgIpc) is 3.11. The molecule has 140 valence electrons. The third kappa shape index (κ3) is 3.83. The number of nitrogens with one attached hydrogen (secondary N) is 1. The Morgan fingerprint density at radius 2 is 1.71 bits per heavy atom. The lowest BCUT2D eigenvalue weighted by atomic mass is 10.3. The van der Waals surface area contributed by atoms with Crippen molar-refractivity contribution in [1.29, 1.82) is 0 Å². The highest BCUT2D eigenvalue weighted by Crippen LogP contribution is 2.38. The van der Waals surface area contributed by atoms with Crippen LogP contribution in [-0.2, 0) is 0 Å². The van der Waals surface area contributed by atoms with E-state index in [2.05, 4.69) is 15.3 Å². The molecule has 2 aromatic heterocycles. The summed E-state index contributed by atoms with van der Waals surface area (Å²) in [6.45, 7) is 1.99. The van der Waals surface area contributed by atoms with Crippen molar-refractivity contribution in [1.82, 2.24) is 15.0 Å². The molecule has 0 amide bonds. The maximum atomic E-state index is 6.34. The molecule has 2 aromatic carbocycles. The Morgan fingerprint density at radius 1 is 0.964 bits per heavy atom. The molecule has 4 rings (SSSR count). The molecule has 5 nitrogen and oxygen atoms in total. The van der Waals surface area contributed by atoms with E-state index >= 15 is 0 Å². The zero-order valence-corrected chi connectivity index (χ0v) is 17.0. The summed E-state index contributed by atoms with van der Waals surface area (Å²) in [6, 6.07) is 19.5. The van der Waals surface area contributed by atoms with E-state index in [0.29, 0.717) is 11.0 Å². The molecular weight excluding hydrogens is 390 g/mol. The molecule has 0 unspecified atom stereocenters. The Bertz CT molecular complexity index is 1100. The molecule has 0 aliphatic heterocycles. The number of benzene rings is 2. The second-order valence-corrected chi connectivity index (χ2v) is 7.56. The van der Waals surface area contributed by atoms with Gasteiger partial charge in [-0.15, -0.1) is 0 Å². The standard InChI is InChI=1S/C21H18ClN5S/c1-14-19(28-21(24-14)27(2)18-11-7-6-10-16(18)22)17-12-13-23-20(26-17)25-15-8-4-3-5-9-15/h3-13H,1-2H3,(H,23,25,26). The average molecular weight is 408 g/mol. The van der Waals surface area contributed by atoms with Crippen molar-refractivity contribution < 1.29 is 0 Å². The molecule has 0 spiro atoms. The minimum atomic E-state index is 0.553. The predicted molar refractivity (Wildman–Crippen MR) is 117 cm³/mol. The monoisotopic (exact) mass is 407 g/mol. The van der Waals surface area contributed by atoms with Crippen LogP contribution in [0.1, 0.15) is 5.69 Å². The molecule has 0 aliphatic carbocycles. The molecule has 0 bridgehead atoms. The molecule has 0 atom stereocenters. The molecule has 0 saturated heterocycles. The summed E-state index contributed by atoms with van der Waals surface area (Å²) >= 11 is 7.91. The van der Waals surface area contributed by atoms with E-state index in [1.807, 2.05) is 79.5 Å². The van der Waals surface area contributed by atoms with Crippen molar-refractivity contribution in [3.63, 3.8) is 0 Å². The molecule has 1 N–H and O–H groups in total. The minimum Gasteiger partial charge on any atom is -0.324 e. The molecule has 0 aliphatic rings. The molecule has 4 aromatic rings. The molecular formula is C21H18ClN5S. The second kappa shape index (κ2) is 7.96. The third-order valence-electron chi connectivity index (χ3n) is 4.20. The lowest BCUT2D eigenvalue weighted by Gasteiger charge is -2.17. The largest absolute Gasteiger partial charge is 0.324 e. The highest BCUT2D eigenvalue weighted by Gasteiger charge is 2.17. The zero-order valence-electron chi connectivity index (χ0n) is 15.4. The molecule has 28 heavy (non-hydrogen) atoms. The number of anilines is 4. The van der Waals surface area contributed by atoms with Gasteiger partial charge >= 0.3 is 0 Å². The fourth-order valence-electron chi connectivity index (χ4n) is 2.79. The van der Waals surface area contributed by atoms with E-state index in [0.717, 1.165) is 32.8 Å². The van der Waals surface area contributed by atoms with Gasteiger partial charge in [0.15, 0.2) is 5.13 Å². The highest BCUT2D eigenvalue weighted by molar-refractivity contribution is 7.19. The van der Waals surface area contributed by atoms with Crippen molar-refractivity contribution in [2.24, 2.45) is 0 Å². The van der Waals surface area contributed by atoms with Crippen LogP contribution in [0.2, 0.25) is 5.02 Å². The van der Waals surface area contributed by atoms with E-state index in [4.69, 9.17) is 16.6 Å². The van der Waals surface area contributed by atoms with Crippen molar-refractivity contribution in [2.75, 3.05) is 17.3 Å². The summed E-state index contributed by atoms with van der Waals surface area (Å²) in [4.78, 5) is 16.7. The highest BCUT2D eigenvalue weighted by atomic mass is 35.5.